The maximum Gasteiger partial charge on any atom is 0.155 e. The second-order valence-electron chi connectivity index (χ2n) is 9.89. The molecule has 4 aliphatic rings. The van der Waals surface area contributed by atoms with Crippen LogP contribution in [0.5, 0.6) is 0 Å². The van der Waals surface area contributed by atoms with Crippen molar-refractivity contribution in [2.24, 2.45) is 28.6 Å². The molecule has 0 amide bonds. The van der Waals surface area contributed by atoms with Crippen molar-refractivity contribution < 1.29 is 9.53 Å². The van der Waals surface area contributed by atoms with Gasteiger partial charge in [0.15, 0.2) is 5.78 Å². The van der Waals surface area contributed by atoms with Crippen LogP contribution in [-0.4, -0.2) is 24.7 Å². The highest BCUT2D eigenvalue weighted by Crippen LogP contribution is 2.65. The topological polar surface area (TPSA) is 26.3 Å². The number of rotatable bonds is 3. The number of methoxy groups -OCH3 is 1. The highest BCUT2D eigenvalue weighted by Gasteiger charge is 2.59. The van der Waals surface area contributed by atoms with Crippen LogP contribution >= 0.6 is 12.6 Å². The Bertz CT molecular complexity index is 569. The third-order valence-corrected chi connectivity index (χ3v) is 8.99. The molecule has 0 aliphatic heterocycles. The van der Waals surface area contributed by atoms with Gasteiger partial charge in [-0.05, 0) is 91.8 Å². The van der Waals surface area contributed by atoms with Crippen molar-refractivity contribution in [1.29, 1.82) is 0 Å². The number of hydrogen-bond donors (Lipinski definition) is 1. The van der Waals surface area contributed by atoms with E-state index in [1.165, 1.54) is 50.5 Å². The summed E-state index contributed by atoms with van der Waals surface area (Å²) in [7, 11) is 1.90. The van der Waals surface area contributed by atoms with E-state index in [9.17, 15) is 4.79 Å². The molecule has 0 aromatic heterocycles. The Labute approximate surface area is 172 Å². The van der Waals surface area contributed by atoms with Gasteiger partial charge in [0.25, 0.3) is 0 Å². The van der Waals surface area contributed by atoms with E-state index in [-0.39, 0.29) is 0 Å². The first-order chi connectivity index (χ1) is 12.9. The Morgan fingerprint density at radius 2 is 1.89 bits per heavy atom. The summed E-state index contributed by atoms with van der Waals surface area (Å²) in [4.78, 5) is 11.8. The van der Waals surface area contributed by atoms with Gasteiger partial charge in [0.05, 0.1) is 6.10 Å². The molecule has 0 spiro atoms. The monoisotopic (exact) mass is 392 g/mol. The lowest BCUT2D eigenvalue weighted by molar-refractivity contribution is -0.118. The maximum absolute atomic E-state index is 11.8. The Morgan fingerprint density at radius 3 is 2.52 bits per heavy atom. The molecule has 4 rings (SSSR count). The van der Waals surface area contributed by atoms with Gasteiger partial charge in [-0.3, -0.25) is 4.79 Å². The molecule has 3 heteroatoms. The quantitative estimate of drug-likeness (QED) is 0.575. The molecule has 6 atom stereocenters. The molecular weight excluding hydrogens is 352 g/mol. The van der Waals surface area contributed by atoms with Crippen LogP contribution in [0, 0.1) is 28.6 Å². The van der Waals surface area contributed by atoms with Crippen molar-refractivity contribution in [3.8, 4) is 0 Å². The molecule has 0 N–H and O–H groups in total. The number of thiol groups is 1. The summed E-state index contributed by atoms with van der Waals surface area (Å²) in [5, 5.41) is 0. The van der Waals surface area contributed by atoms with Crippen molar-refractivity contribution in [1.82, 2.24) is 0 Å². The molecule has 3 saturated carbocycles. The van der Waals surface area contributed by atoms with Gasteiger partial charge in [-0.2, -0.15) is 12.6 Å². The molecule has 154 valence electrons. The van der Waals surface area contributed by atoms with Gasteiger partial charge in [0, 0.05) is 13.5 Å². The summed E-state index contributed by atoms with van der Waals surface area (Å²) >= 11 is 4.00. The van der Waals surface area contributed by atoms with Gasteiger partial charge in [-0.1, -0.05) is 32.8 Å². The van der Waals surface area contributed by atoms with Crippen LogP contribution in [0.25, 0.3) is 0 Å². The highest BCUT2D eigenvalue weighted by molar-refractivity contribution is 7.80. The van der Waals surface area contributed by atoms with Crippen LogP contribution in [0.4, 0.5) is 0 Å². The number of carbonyl (C=O) groups is 1. The van der Waals surface area contributed by atoms with Gasteiger partial charge in [-0.25, -0.2) is 0 Å². The molecule has 0 aromatic carbocycles. The predicted octanol–water partition coefficient (Wildman–Crippen LogP) is 6.25. The second kappa shape index (κ2) is 8.61. The van der Waals surface area contributed by atoms with E-state index in [1.54, 1.807) is 0 Å². The van der Waals surface area contributed by atoms with Crippen LogP contribution in [0.1, 0.15) is 85.0 Å². The summed E-state index contributed by atoms with van der Waals surface area (Å²) in [6.45, 7) is 7.12. The molecule has 4 aliphatic carbocycles. The molecule has 0 heterocycles. The van der Waals surface area contributed by atoms with E-state index in [4.69, 9.17) is 4.74 Å². The first-order valence-electron chi connectivity index (χ1n) is 11.3. The molecule has 6 unspecified atom stereocenters. The molecule has 0 aromatic rings. The van der Waals surface area contributed by atoms with E-state index < -0.39 is 0 Å². The molecule has 0 bridgehead atoms. The number of allylic oxidation sites excluding steroid dienone is 1. The average Bonchev–Trinajstić information content (AvgIpc) is 3.00. The SMILES string of the molecule is CCCCS.COC1CCC2C3CCC4=CC(=O)CCC4(C)C3CCC12C. The molecule has 0 saturated heterocycles. The zero-order chi connectivity index (χ0) is 19.7. The minimum absolute atomic E-state index is 0.309. The Balaban J connectivity index is 0.000000376. The lowest BCUT2D eigenvalue weighted by atomic mass is 9.47. The normalized spacial score (nSPS) is 43.0. The number of hydrogen-bond acceptors (Lipinski definition) is 3. The van der Waals surface area contributed by atoms with Gasteiger partial charge >= 0.3 is 0 Å². The van der Waals surface area contributed by atoms with E-state index >= 15 is 0 Å². The Kier molecular flexibility index (Phi) is 6.84. The van der Waals surface area contributed by atoms with E-state index in [0.29, 0.717) is 22.7 Å². The van der Waals surface area contributed by atoms with Crippen molar-refractivity contribution in [3.63, 3.8) is 0 Å². The number of carbonyl (C=O) groups excluding carboxylic acids is 1. The smallest absolute Gasteiger partial charge is 0.155 e. The molecule has 3 fully saturated rings. The second-order valence-corrected chi connectivity index (χ2v) is 10.3. The summed E-state index contributed by atoms with van der Waals surface area (Å²) < 4.78 is 5.85. The van der Waals surface area contributed by atoms with Crippen LogP contribution in [0.15, 0.2) is 11.6 Å². The summed E-state index contributed by atoms with van der Waals surface area (Å²) in [6.07, 6.45) is 14.6. The van der Waals surface area contributed by atoms with Gasteiger partial charge in [0.1, 0.15) is 0 Å². The molecule has 27 heavy (non-hydrogen) atoms. The molecule has 2 nitrogen and oxygen atoms in total. The van der Waals surface area contributed by atoms with Crippen molar-refractivity contribution in [2.45, 2.75) is 91.1 Å². The van der Waals surface area contributed by atoms with Crippen molar-refractivity contribution in [2.75, 3.05) is 12.9 Å². The number of unbranched alkanes of at least 4 members (excludes halogenated alkanes) is 1. The maximum atomic E-state index is 11.8. The summed E-state index contributed by atoms with van der Waals surface area (Å²) in [5.74, 6) is 3.90. The first-order valence-corrected chi connectivity index (χ1v) is 11.9. The lowest BCUT2D eigenvalue weighted by Crippen LogP contribution is -2.51. The molecular formula is C24H40O2S. The third-order valence-electron chi connectivity index (χ3n) is 8.67. The largest absolute Gasteiger partial charge is 0.381 e. The fourth-order valence-corrected chi connectivity index (χ4v) is 7.37. The number of fused-ring (bicyclic) bond motifs is 5. The number of ketones is 1. The zero-order valence-corrected chi connectivity index (χ0v) is 18.8. The minimum Gasteiger partial charge on any atom is -0.381 e. The van der Waals surface area contributed by atoms with Crippen LogP contribution in [-0.2, 0) is 9.53 Å². The van der Waals surface area contributed by atoms with Crippen LogP contribution in [0.3, 0.4) is 0 Å². The highest BCUT2D eigenvalue weighted by atomic mass is 32.1. The first kappa shape index (κ1) is 21.4. The van der Waals surface area contributed by atoms with Crippen molar-refractivity contribution in [3.05, 3.63) is 11.6 Å². The van der Waals surface area contributed by atoms with Gasteiger partial charge in [0.2, 0.25) is 0 Å². The van der Waals surface area contributed by atoms with Gasteiger partial charge < -0.3 is 4.74 Å². The van der Waals surface area contributed by atoms with E-state index in [1.807, 2.05) is 13.2 Å². The van der Waals surface area contributed by atoms with Crippen LogP contribution < -0.4 is 0 Å². The minimum atomic E-state index is 0.309. The number of ether oxygens (including phenoxy) is 1. The molecule has 0 radical (unpaired) electrons. The van der Waals surface area contributed by atoms with E-state index in [0.717, 1.165) is 42.8 Å². The van der Waals surface area contributed by atoms with Gasteiger partial charge in [-0.15, -0.1) is 0 Å². The standard InChI is InChI=1S/C20H30O2.C4H10S/c1-19-10-8-14(21)12-13(19)4-5-15-16-6-7-18(22-3)20(16,2)11-9-17(15)19;1-2-3-4-5/h12,15-18H,4-11H2,1-3H3;5H,2-4H2,1H3. The summed E-state index contributed by atoms with van der Waals surface area (Å²) in [5.41, 5.74) is 2.19. The third kappa shape index (κ3) is 3.80. The zero-order valence-electron chi connectivity index (χ0n) is 17.9. The Hall–Kier alpha value is -0.280. The fourth-order valence-electron chi connectivity index (χ4n) is 7.06. The fraction of sp³-hybridized carbons (Fsp3) is 0.875. The average molecular weight is 393 g/mol. The Morgan fingerprint density at radius 1 is 1.11 bits per heavy atom. The van der Waals surface area contributed by atoms with Crippen LogP contribution in [0.2, 0.25) is 0 Å². The lowest BCUT2D eigenvalue weighted by Gasteiger charge is -2.57. The predicted molar refractivity (Wildman–Crippen MR) is 116 cm³/mol. The van der Waals surface area contributed by atoms with Crippen molar-refractivity contribution >= 4 is 18.4 Å². The van der Waals surface area contributed by atoms with E-state index in [2.05, 4.69) is 33.4 Å². The summed E-state index contributed by atoms with van der Waals surface area (Å²) in [6, 6.07) is 0.